The second kappa shape index (κ2) is 7.01. The summed E-state index contributed by atoms with van der Waals surface area (Å²) in [7, 11) is 1.66. The highest BCUT2D eigenvalue weighted by molar-refractivity contribution is 5.79. The lowest BCUT2D eigenvalue weighted by Crippen LogP contribution is -2.34. The highest BCUT2D eigenvalue weighted by atomic mass is 16.6. The first kappa shape index (κ1) is 17.4. The molecule has 5 rings (SSSR count). The van der Waals surface area contributed by atoms with Crippen LogP contribution in [0.2, 0.25) is 0 Å². The number of benzene rings is 2. The summed E-state index contributed by atoms with van der Waals surface area (Å²) < 4.78 is 11.2. The van der Waals surface area contributed by atoms with Crippen LogP contribution in [0.5, 0.6) is 5.75 Å². The second-order valence-corrected chi connectivity index (χ2v) is 7.93. The maximum Gasteiger partial charge on any atom is 0.415 e. The molecule has 1 amide bonds. The van der Waals surface area contributed by atoms with Crippen LogP contribution in [-0.4, -0.2) is 18.1 Å². The molecule has 2 atom stereocenters. The SMILES string of the molecule is COc1ccc(C2OC(=O)N3C(C4CCCCC4)=Cc4ccccc4C23)cc1. The van der Waals surface area contributed by atoms with Crippen molar-refractivity contribution in [3.63, 3.8) is 0 Å². The molecule has 1 saturated heterocycles. The monoisotopic (exact) mass is 375 g/mol. The van der Waals surface area contributed by atoms with Gasteiger partial charge in [0.05, 0.1) is 7.11 Å². The van der Waals surface area contributed by atoms with E-state index in [4.69, 9.17) is 9.47 Å². The third-order valence-electron chi connectivity index (χ3n) is 6.35. The summed E-state index contributed by atoms with van der Waals surface area (Å²) in [6.07, 6.45) is 7.75. The number of rotatable bonds is 3. The Morgan fingerprint density at radius 2 is 1.75 bits per heavy atom. The lowest BCUT2D eigenvalue weighted by Gasteiger charge is -2.37. The van der Waals surface area contributed by atoms with Gasteiger partial charge in [-0.1, -0.05) is 55.7 Å². The molecule has 4 nitrogen and oxygen atoms in total. The van der Waals surface area contributed by atoms with Crippen LogP contribution >= 0.6 is 0 Å². The Kier molecular flexibility index (Phi) is 4.34. The number of amides is 1. The minimum atomic E-state index is -0.313. The maximum absolute atomic E-state index is 13.0. The normalized spacial score (nSPS) is 24.2. The van der Waals surface area contributed by atoms with Crippen molar-refractivity contribution in [3.05, 3.63) is 70.9 Å². The first-order valence-electron chi connectivity index (χ1n) is 10.2. The molecule has 28 heavy (non-hydrogen) atoms. The van der Waals surface area contributed by atoms with Crippen molar-refractivity contribution in [2.45, 2.75) is 44.2 Å². The number of hydrogen-bond acceptors (Lipinski definition) is 3. The van der Waals surface area contributed by atoms with Crippen molar-refractivity contribution < 1.29 is 14.3 Å². The fourth-order valence-electron chi connectivity index (χ4n) is 4.94. The van der Waals surface area contributed by atoms with E-state index in [1.807, 2.05) is 35.2 Å². The first-order chi connectivity index (χ1) is 13.8. The molecule has 0 N–H and O–H groups in total. The molecular formula is C24H25NO3. The van der Waals surface area contributed by atoms with Gasteiger partial charge in [-0.15, -0.1) is 0 Å². The summed E-state index contributed by atoms with van der Waals surface area (Å²) in [5.74, 6) is 1.24. The van der Waals surface area contributed by atoms with Gasteiger partial charge in [0.15, 0.2) is 6.10 Å². The summed E-state index contributed by atoms with van der Waals surface area (Å²) in [5, 5.41) is 0. The van der Waals surface area contributed by atoms with Gasteiger partial charge in [-0.25, -0.2) is 4.79 Å². The Hall–Kier alpha value is -2.75. The van der Waals surface area contributed by atoms with Crippen molar-refractivity contribution in [2.24, 2.45) is 5.92 Å². The smallest absolute Gasteiger partial charge is 0.415 e. The molecule has 0 spiro atoms. The van der Waals surface area contributed by atoms with Crippen molar-refractivity contribution in [1.29, 1.82) is 0 Å². The van der Waals surface area contributed by atoms with E-state index in [9.17, 15) is 4.79 Å². The van der Waals surface area contributed by atoms with E-state index in [1.54, 1.807) is 7.11 Å². The number of ether oxygens (including phenoxy) is 2. The van der Waals surface area contributed by atoms with Crippen molar-refractivity contribution in [3.8, 4) is 5.75 Å². The maximum atomic E-state index is 13.0. The van der Waals surface area contributed by atoms with Crippen LogP contribution in [0.25, 0.3) is 6.08 Å². The zero-order chi connectivity index (χ0) is 19.1. The quantitative estimate of drug-likeness (QED) is 0.674. The summed E-state index contributed by atoms with van der Waals surface area (Å²) in [4.78, 5) is 15.0. The average Bonchev–Trinajstić information content (AvgIpc) is 3.11. The molecule has 1 aliphatic carbocycles. The van der Waals surface area contributed by atoms with E-state index in [1.165, 1.54) is 24.8 Å². The zero-order valence-electron chi connectivity index (χ0n) is 16.1. The molecule has 0 radical (unpaired) electrons. The third kappa shape index (κ3) is 2.79. The van der Waals surface area contributed by atoms with Gasteiger partial charge in [-0.2, -0.15) is 0 Å². The van der Waals surface area contributed by atoms with Gasteiger partial charge in [-0.05, 0) is 53.7 Å². The highest BCUT2D eigenvalue weighted by Crippen LogP contribution is 2.51. The molecule has 2 aromatic carbocycles. The lowest BCUT2D eigenvalue weighted by molar-refractivity contribution is 0.130. The van der Waals surface area contributed by atoms with Gasteiger partial charge < -0.3 is 9.47 Å². The average molecular weight is 375 g/mol. The Labute approximate surface area is 165 Å². The number of fused-ring (bicyclic) bond motifs is 3. The van der Waals surface area contributed by atoms with Gasteiger partial charge in [-0.3, -0.25) is 4.90 Å². The summed E-state index contributed by atoms with van der Waals surface area (Å²) in [6, 6.07) is 16.1. The van der Waals surface area contributed by atoms with Gasteiger partial charge in [0.2, 0.25) is 0 Å². The minimum Gasteiger partial charge on any atom is -0.497 e. The largest absolute Gasteiger partial charge is 0.497 e. The molecule has 4 heteroatoms. The second-order valence-electron chi connectivity index (χ2n) is 7.93. The molecule has 0 aromatic heterocycles. The lowest BCUT2D eigenvalue weighted by atomic mass is 9.81. The molecule has 2 fully saturated rings. The molecule has 2 aliphatic heterocycles. The Morgan fingerprint density at radius 1 is 1.00 bits per heavy atom. The van der Waals surface area contributed by atoms with Crippen LogP contribution < -0.4 is 4.74 Å². The first-order valence-corrected chi connectivity index (χ1v) is 10.2. The topological polar surface area (TPSA) is 38.8 Å². The fraction of sp³-hybridized carbons (Fsp3) is 0.375. The molecule has 2 heterocycles. The third-order valence-corrected chi connectivity index (χ3v) is 6.35. The van der Waals surface area contributed by atoms with Crippen molar-refractivity contribution in [2.75, 3.05) is 7.11 Å². The van der Waals surface area contributed by atoms with Crippen molar-refractivity contribution >= 4 is 12.2 Å². The summed E-state index contributed by atoms with van der Waals surface area (Å²) in [5.41, 5.74) is 4.51. The number of nitrogens with zero attached hydrogens (tertiary/aromatic N) is 1. The predicted octanol–water partition coefficient (Wildman–Crippen LogP) is 5.86. The number of hydrogen-bond donors (Lipinski definition) is 0. The van der Waals surface area contributed by atoms with E-state index < -0.39 is 0 Å². The summed E-state index contributed by atoms with van der Waals surface area (Å²) >= 11 is 0. The molecule has 3 aliphatic rings. The Balaban J connectivity index is 1.58. The van der Waals surface area contributed by atoms with E-state index in [0.717, 1.165) is 35.4 Å². The Bertz CT molecular complexity index is 912. The van der Waals surface area contributed by atoms with Gasteiger partial charge >= 0.3 is 6.09 Å². The van der Waals surface area contributed by atoms with Crippen LogP contribution in [0.1, 0.15) is 60.9 Å². The number of allylic oxidation sites excluding steroid dienone is 1. The van der Waals surface area contributed by atoms with E-state index in [2.05, 4.69) is 24.3 Å². The van der Waals surface area contributed by atoms with Crippen LogP contribution in [-0.2, 0) is 4.74 Å². The van der Waals surface area contributed by atoms with Crippen LogP contribution in [0.4, 0.5) is 4.79 Å². The van der Waals surface area contributed by atoms with Crippen LogP contribution in [0.15, 0.2) is 54.2 Å². The molecule has 2 unspecified atom stereocenters. The molecule has 0 bridgehead atoms. The zero-order valence-corrected chi connectivity index (χ0v) is 16.1. The standard InChI is InChI=1S/C24H25NO3/c1-27-19-13-11-17(12-14-19)23-22-20-10-6-5-9-18(20)15-21(25(22)24(26)28-23)16-7-3-2-4-8-16/h5-6,9-16,22-23H,2-4,7-8H2,1H3. The molecule has 144 valence electrons. The van der Waals surface area contributed by atoms with E-state index >= 15 is 0 Å². The molecule has 2 aromatic rings. The predicted molar refractivity (Wildman–Crippen MR) is 108 cm³/mol. The van der Waals surface area contributed by atoms with Crippen LogP contribution in [0, 0.1) is 5.92 Å². The van der Waals surface area contributed by atoms with Gasteiger partial charge in [0.25, 0.3) is 0 Å². The number of carbonyl (C=O) groups excluding carboxylic acids is 1. The summed E-state index contributed by atoms with van der Waals surface area (Å²) in [6.45, 7) is 0. The van der Waals surface area contributed by atoms with Crippen LogP contribution in [0.3, 0.4) is 0 Å². The van der Waals surface area contributed by atoms with E-state index in [0.29, 0.717) is 5.92 Å². The molecule has 1 saturated carbocycles. The van der Waals surface area contributed by atoms with E-state index in [-0.39, 0.29) is 18.2 Å². The van der Waals surface area contributed by atoms with Gasteiger partial charge in [0.1, 0.15) is 11.8 Å². The highest BCUT2D eigenvalue weighted by Gasteiger charge is 2.48. The number of carbonyl (C=O) groups is 1. The fourth-order valence-corrected chi connectivity index (χ4v) is 4.94. The minimum absolute atomic E-state index is 0.112. The van der Waals surface area contributed by atoms with Crippen molar-refractivity contribution in [1.82, 2.24) is 4.90 Å². The number of cyclic esters (lactones) is 1. The number of methoxy groups -OCH3 is 1. The molecular weight excluding hydrogens is 350 g/mol. The Morgan fingerprint density at radius 3 is 2.50 bits per heavy atom. The van der Waals surface area contributed by atoms with Gasteiger partial charge in [0, 0.05) is 5.70 Å².